The molecule has 0 aromatic rings. The normalized spacial score (nSPS) is 23.7. The quantitative estimate of drug-likeness (QED) is 0.614. The van der Waals surface area contributed by atoms with Gasteiger partial charge in [0.15, 0.2) is 0 Å². The molecule has 0 spiro atoms. The number of piperidine rings is 1. The maximum absolute atomic E-state index is 12.7. The Labute approximate surface area is 154 Å². The van der Waals surface area contributed by atoms with Gasteiger partial charge in [0.25, 0.3) is 5.91 Å². The van der Waals surface area contributed by atoms with Crippen LogP contribution in [0.15, 0.2) is 0 Å². The number of amides is 1. The summed E-state index contributed by atoms with van der Waals surface area (Å²) in [5.41, 5.74) is 0. The average molecular weight is 392 g/mol. The van der Waals surface area contributed by atoms with Crippen molar-refractivity contribution in [2.24, 2.45) is 0 Å². The molecule has 0 bridgehead atoms. The second-order valence-electron chi connectivity index (χ2n) is 6.86. The minimum absolute atomic E-state index is 0.0174. The Morgan fingerprint density at radius 3 is 2.46 bits per heavy atom. The summed E-state index contributed by atoms with van der Waals surface area (Å²) in [4.78, 5) is 25.2. The van der Waals surface area contributed by atoms with E-state index >= 15 is 0 Å². The number of nitrogens with zero attached hydrogens (tertiary/aromatic N) is 2. The highest BCUT2D eigenvalue weighted by atomic mass is 32.2. The van der Waals surface area contributed by atoms with Gasteiger partial charge in [0.2, 0.25) is 10.0 Å². The Balaban J connectivity index is 1.94. The molecule has 2 heterocycles. The van der Waals surface area contributed by atoms with Crippen molar-refractivity contribution in [3.05, 3.63) is 0 Å². The Morgan fingerprint density at radius 1 is 1.31 bits per heavy atom. The number of ether oxygens (including phenoxy) is 2. The van der Waals surface area contributed by atoms with E-state index in [-0.39, 0.29) is 31.1 Å². The molecule has 2 saturated heterocycles. The highest BCUT2D eigenvalue weighted by molar-refractivity contribution is 7.88. The molecule has 0 aromatic carbocycles. The lowest BCUT2D eigenvalue weighted by Gasteiger charge is -2.38. The lowest BCUT2D eigenvalue weighted by Crippen LogP contribution is -2.52. The van der Waals surface area contributed by atoms with E-state index in [9.17, 15) is 18.0 Å². The number of aliphatic carboxylic acids is 1. The van der Waals surface area contributed by atoms with Gasteiger partial charge in [-0.25, -0.2) is 12.7 Å². The molecule has 2 fully saturated rings. The number of hydrogen-bond donors (Lipinski definition) is 1. The molecule has 10 heteroatoms. The monoisotopic (exact) mass is 392 g/mol. The lowest BCUT2D eigenvalue weighted by atomic mass is 10.0. The maximum atomic E-state index is 12.7. The second-order valence-corrected chi connectivity index (χ2v) is 8.85. The molecule has 26 heavy (non-hydrogen) atoms. The number of carboxylic acid groups (broad SMARTS) is 1. The number of carbonyl (C=O) groups is 2. The van der Waals surface area contributed by atoms with Crippen molar-refractivity contribution in [1.29, 1.82) is 0 Å². The van der Waals surface area contributed by atoms with E-state index < -0.39 is 28.6 Å². The van der Waals surface area contributed by atoms with Crippen molar-refractivity contribution in [3.8, 4) is 0 Å². The standard InChI is InChI=1S/C16H28N2O7S/c1-12(25-11-14-4-3-9-24-14)16(21)18(10-15(19)20)13-5-7-17(8-6-13)26(2,22)23/h12-14H,3-11H2,1-2H3,(H,19,20). The SMILES string of the molecule is CC(OCC1CCCO1)C(=O)N(CC(=O)O)C1CCN(S(C)(=O)=O)CC1. The first-order valence-electron chi connectivity index (χ1n) is 8.89. The van der Waals surface area contributed by atoms with Gasteiger partial charge in [-0.2, -0.15) is 0 Å². The van der Waals surface area contributed by atoms with Crippen LogP contribution in [-0.4, -0.2) is 92.0 Å². The summed E-state index contributed by atoms with van der Waals surface area (Å²) in [7, 11) is -3.28. The van der Waals surface area contributed by atoms with Crippen molar-refractivity contribution >= 4 is 21.9 Å². The van der Waals surface area contributed by atoms with Gasteiger partial charge in [-0.1, -0.05) is 0 Å². The first kappa shape index (κ1) is 21.1. The molecule has 2 unspecified atom stereocenters. The van der Waals surface area contributed by atoms with Crippen LogP contribution in [0.4, 0.5) is 0 Å². The van der Waals surface area contributed by atoms with Crippen LogP contribution in [0.5, 0.6) is 0 Å². The Kier molecular flexibility index (Phi) is 7.39. The van der Waals surface area contributed by atoms with E-state index in [1.807, 2.05) is 0 Å². The summed E-state index contributed by atoms with van der Waals surface area (Å²) in [6.07, 6.45) is 3.04. The van der Waals surface area contributed by atoms with Gasteiger partial charge in [0.05, 0.1) is 19.0 Å². The number of hydrogen-bond acceptors (Lipinski definition) is 6. The fraction of sp³-hybridized carbons (Fsp3) is 0.875. The van der Waals surface area contributed by atoms with Crippen molar-refractivity contribution < 1.29 is 32.6 Å². The fourth-order valence-electron chi connectivity index (χ4n) is 3.35. The average Bonchev–Trinajstić information content (AvgIpc) is 3.09. The fourth-order valence-corrected chi connectivity index (χ4v) is 4.22. The molecule has 1 amide bonds. The number of carbonyl (C=O) groups excluding carboxylic acids is 1. The molecule has 2 aliphatic heterocycles. The van der Waals surface area contributed by atoms with Gasteiger partial charge in [-0.15, -0.1) is 0 Å². The van der Waals surface area contributed by atoms with Crippen molar-refractivity contribution in [2.75, 3.05) is 39.1 Å². The van der Waals surface area contributed by atoms with E-state index in [0.717, 1.165) is 19.1 Å². The van der Waals surface area contributed by atoms with Gasteiger partial charge in [0, 0.05) is 25.7 Å². The number of sulfonamides is 1. The molecule has 9 nitrogen and oxygen atoms in total. The molecular formula is C16H28N2O7S. The summed E-state index contributed by atoms with van der Waals surface area (Å²) in [6.45, 7) is 2.74. The molecular weight excluding hydrogens is 364 g/mol. The number of carboxylic acids is 1. The van der Waals surface area contributed by atoms with Crippen LogP contribution >= 0.6 is 0 Å². The summed E-state index contributed by atoms with van der Waals surface area (Å²) < 4.78 is 35.6. The van der Waals surface area contributed by atoms with Gasteiger partial charge >= 0.3 is 5.97 Å². The van der Waals surface area contributed by atoms with Crippen molar-refractivity contribution in [2.45, 2.75) is 50.9 Å². The zero-order valence-corrected chi connectivity index (χ0v) is 16.1. The molecule has 2 rings (SSSR count). The highest BCUT2D eigenvalue weighted by Crippen LogP contribution is 2.20. The van der Waals surface area contributed by atoms with Crippen LogP contribution in [0.1, 0.15) is 32.6 Å². The van der Waals surface area contributed by atoms with Crippen LogP contribution in [0, 0.1) is 0 Å². The van der Waals surface area contributed by atoms with Crippen LogP contribution in [-0.2, 0) is 29.1 Å². The topological polar surface area (TPSA) is 113 Å². The zero-order chi connectivity index (χ0) is 19.3. The van der Waals surface area contributed by atoms with E-state index in [2.05, 4.69) is 0 Å². The van der Waals surface area contributed by atoms with Crippen LogP contribution in [0.3, 0.4) is 0 Å². The Hall–Kier alpha value is -1.23. The van der Waals surface area contributed by atoms with E-state index in [1.165, 1.54) is 9.21 Å². The third-order valence-electron chi connectivity index (χ3n) is 4.83. The van der Waals surface area contributed by atoms with Crippen LogP contribution in [0.2, 0.25) is 0 Å². The molecule has 150 valence electrons. The van der Waals surface area contributed by atoms with Crippen molar-refractivity contribution in [3.63, 3.8) is 0 Å². The van der Waals surface area contributed by atoms with Crippen molar-refractivity contribution in [1.82, 2.24) is 9.21 Å². The largest absolute Gasteiger partial charge is 0.480 e. The predicted octanol–water partition coefficient (Wildman–Crippen LogP) is -0.0923. The van der Waals surface area contributed by atoms with Gasteiger partial charge in [0.1, 0.15) is 12.6 Å². The minimum Gasteiger partial charge on any atom is -0.480 e. The summed E-state index contributed by atoms with van der Waals surface area (Å²) in [5.74, 6) is -1.49. The van der Waals surface area contributed by atoms with E-state index in [1.54, 1.807) is 6.92 Å². The Morgan fingerprint density at radius 2 is 1.96 bits per heavy atom. The van der Waals surface area contributed by atoms with E-state index in [0.29, 0.717) is 26.1 Å². The van der Waals surface area contributed by atoms with Gasteiger partial charge < -0.3 is 19.5 Å². The molecule has 2 atom stereocenters. The Bertz CT molecular complexity index is 596. The minimum atomic E-state index is -3.28. The predicted molar refractivity (Wildman–Crippen MR) is 93.2 cm³/mol. The third-order valence-corrected chi connectivity index (χ3v) is 6.13. The maximum Gasteiger partial charge on any atom is 0.323 e. The molecule has 0 aromatic heterocycles. The summed E-state index contributed by atoms with van der Waals surface area (Å²) in [6, 6.07) is -0.314. The number of rotatable bonds is 8. The summed E-state index contributed by atoms with van der Waals surface area (Å²) in [5, 5.41) is 9.17. The molecule has 0 aliphatic carbocycles. The van der Waals surface area contributed by atoms with Crippen LogP contribution < -0.4 is 0 Å². The zero-order valence-electron chi connectivity index (χ0n) is 15.3. The highest BCUT2D eigenvalue weighted by Gasteiger charge is 2.34. The third kappa shape index (κ3) is 5.90. The second kappa shape index (κ2) is 9.12. The first-order chi connectivity index (χ1) is 12.2. The smallest absolute Gasteiger partial charge is 0.323 e. The van der Waals surface area contributed by atoms with E-state index in [4.69, 9.17) is 14.6 Å². The molecule has 0 radical (unpaired) electrons. The van der Waals surface area contributed by atoms with Crippen LogP contribution in [0.25, 0.3) is 0 Å². The molecule has 2 aliphatic rings. The molecule has 0 saturated carbocycles. The summed E-state index contributed by atoms with van der Waals surface area (Å²) >= 11 is 0. The van der Waals surface area contributed by atoms with Gasteiger partial charge in [-0.3, -0.25) is 9.59 Å². The first-order valence-corrected chi connectivity index (χ1v) is 10.7. The van der Waals surface area contributed by atoms with Gasteiger partial charge in [-0.05, 0) is 32.6 Å². The molecule has 1 N–H and O–H groups in total. The lowest BCUT2D eigenvalue weighted by molar-refractivity contribution is -0.154.